The first-order valence-electron chi connectivity index (χ1n) is 6.45. The number of amides is 1. The van der Waals surface area contributed by atoms with Gasteiger partial charge in [0.05, 0.1) is 13.0 Å². The molecule has 1 heterocycles. The van der Waals surface area contributed by atoms with Crippen molar-refractivity contribution in [2.45, 2.75) is 11.3 Å². The zero-order chi connectivity index (χ0) is 16.3. The van der Waals surface area contributed by atoms with Crippen molar-refractivity contribution >= 4 is 27.7 Å². The zero-order valence-corrected chi connectivity index (χ0v) is 12.6. The minimum Gasteiger partial charge on any atom is -0.481 e. The molecule has 1 aromatic carbocycles. The molecule has 1 aliphatic heterocycles. The molecule has 0 saturated heterocycles. The zero-order valence-electron chi connectivity index (χ0n) is 11.8. The van der Waals surface area contributed by atoms with Gasteiger partial charge in [-0.25, -0.2) is 0 Å². The van der Waals surface area contributed by atoms with Crippen LogP contribution in [0.25, 0.3) is 0 Å². The van der Waals surface area contributed by atoms with E-state index in [2.05, 4.69) is 9.71 Å². The van der Waals surface area contributed by atoms with Gasteiger partial charge in [0.15, 0.2) is 5.84 Å². The van der Waals surface area contributed by atoms with Gasteiger partial charge >= 0.3 is 5.97 Å². The van der Waals surface area contributed by atoms with Gasteiger partial charge in [0.1, 0.15) is 4.90 Å². The number of carboxylic acids is 1. The molecule has 1 amide bonds. The summed E-state index contributed by atoms with van der Waals surface area (Å²) in [5.74, 6) is -1.22. The van der Waals surface area contributed by atoms with E-state index in [0.29, 0.717) is 5.56 Å². The molecule has 0 radical (unpaired) electrons. The molecule has 0 spiro atoms. The number of hydrogen-bond acceptors (Lipinski definition) is 5. The van der Waals surface area contributed by atoms with Crippen LogP contribution in [0.3, 0.4) is 0 Å². The summed E-state index contributed by atoms with van der Waals surface area (Å²) >= 11 is 0. The van der Waals surface area contributed by atoms with E-state index in [1.807, 2.05) is 0 Å². The monoisotopic (exact) mass is 325 g/mol. The third-order valence-electron chi connectivity index (χ3n) is 3.02. The summed E-state index contributed by atoms with van der Waals surface area (Å²) < 4.78 is 27.5. The van der Waals surface area contributed by atoms with E-state index in [1.165, 1.54) is 11.0 Å². The lowest BCUT2D eigenvalue weighted by molar-refractivity contribution is -0.136. The van der Waals surface area contributed by atoms with Crippen molar-refractivity contribution in [3.05, 3.63) is 29.8 Å². The van der Waals surface area contributed by atoms with Gasteiger partial charge in [0, 0.05) is 19.2 Å². The number of carbonyl (C=O) groups is 2. The number of carbonyl (C=O) groups excluding carboxylic acids is 1. The average molecular weight is 325 g/mol. The number of amidine groups is 1. The Labute approximate surface area is 127 Å². The molecule has 0 unspecified atom stereocenters. The molecular formula is C13H15N3O5S. The molecule has 0 fully saturated rings. The molecule has 0 aromatic heterocycles. The van der Waals surface area contributed by atoms with Gasteiger partial charge < -0.3 is 15.3 Å². The molecule has 0 atom stereocenters. The second-order valence-corrected chi connectivity index (χ2v) is 6.31. The first-order valence-corrected chi connectivity index (χ1v) is 7.89. The van der Waals surface area contributed by atoms with Gasteiger partial charge in [0.25, 0.3) is 10.0 Å². The Balaban J connectivity index is 2.06. The van der Waals surface area contributed by atoms with Crippen molar-refractivity contribution in [2.24, 2.45) is 4.40 Å². The van der Waals surface area contributed by atoms with Crippen molar-refractivity contribution in [1.29, 1.82) is 0 Å². The number of likely N-dealkylation sites (N-methyl/N-ethyl adjacent to an activating group) is 1. The van der Waals surface area contributed by atoms with E-state index in [1.54, 1.807) is 25.2 Å². The second kappa shape index (κ2) is 6.14. The summed E-state index contributed by atoms with van der Waals surface area (Å²) in [6, 6.07) is 6.38. The van der Waals surface area contributed by atoms with Crippen LogP contribution in [0.4, 0.5) is 0 Å². The van der Waals surface area contributed by atoms with Gasteiger partial charge in [-0.15, -0.1) is 4.40 Å². The van der Waals surface area contributed by atoms with Crippen LogP contribution < -0.4 is 5.32 Å². The molecule has 2 N–H and O–H groups in total. The maximum atomic E-state index is 11.9. The molecule has 8 nitrogen and oxygen atoms in total. The minimum absolute atomic E-state index is 0.0172. The fourth-order valence-corrected chi connectivity index (χ4v) is 3.27. The molecule has 0 aliphatic carbocycles. The van der Waals surface area contributed by atoms with E-state index < -0.39 is 21.9 Å². The molecular weight excluding hydrogens is 310 g/mol. The highest BCUT2D eigenvalue weighted by Gasteiger charge is 2.30. The number of rotatable bonds is 5. The van der Waals surface area contributed by atoms with Gasteiger partial charge in [-0.3, -0.25) is 9.59 Å². The Morgan fingerprint density at radius 2 is 2.00 bits per heavy atom. The van der Waals surface area contributed by atoms with Gasteiger partial charge in [-0.1, -0.05) is 12.1 Å². The van der Waals surface area contributed by atoms with Crippen molar-refractivity contribution < 1.29 is 23.1 Å². The highest BCUT2D eigenvalue weighted by atomic mass is 32.2. The number of fused-ring (bicyclic) bond motifs is 1. The fourth-order valence-electron chi connectivity index (χ4n) is 2.02. The smallest absolute Gasteiger partial charge is 0.305 e. The lowest BCUT2D eigenvalue weighted by atomic mass is 10.2. The summed E-state index contributed by atoms with van der Waals surface area (Å²) in [6.45, 7) is -0.105. The summed E-state index contributed by atoms with van der Waals surface area (Å²) in [5.41, 5.74) is 0.448. The first kappa shape index (κ1) is 16.0. The minimum atomic E-state index is -3.73. The standard InChI is InChI=1S/C13H15N3O5S/c1-16(8-11(17)14-7-6-12(18)19)13-9-4-2-3-5-10(9)22(20,21)15-13/h2-5H,6-8H2,1H3,(H,14,17)(H,18,19). The van der Waals surface area contributed by atoms with E-state index in [0.717, 1.165) is 0 Å². The maximum Gasteiger partial charge on any atom is 0.305 e. The van der Waals surface area contributed by atoms with E-state index in [9.17, 15) is 18.0 Å². The second-order valence-electron chi connectivity index (χ2n) is 4.74. The lowest BCUT2D eigenvalue weighted by Crippen LogP contribution is -2.39. The number of nitrogens with one attached hydrogen (secondary N) is 1. The maximum absolute atomic E-state index is 11.9. The predicted molar refractivity (Wildman–Crippen MR) is 78.1 cm³/mol. The molecule has 1 aliphatic rings. The van der Waals surface area contributed by atoms with Crippen LogP contribution >= 0.6 is 0 Å². The Kier molecular flexibility index (Phi) is 4.45. The summed E-state index contributed by atoms with van der Waals surface area (Å²) in [7, 11) is -2.18. The average Bonchev–Trinajstić information content (AvgIpc) is 2.71. The predicted octanol–water partition coefficient (Wildman–Crippen LogP) is -0.342. The Morgan fingerprint density at radius 3 is 2.68 bits per heavy atom. The first-order chi connectivity index (χ1) is 10.3. The molecule has 0 saturated carbocycles. The van der Waals surface area contributed by atoms with Crippen LogP contribution in [0.15, 0.2) is 33.6 Å². The summed E-state index contributed by atoms with van der Waals surface area (Å²) in [4.78, 5) is 23.6. The van der Waals surface area contributed by atoms with Crippen LogP contribution in [0.5, 0.6) is 0 Å². The molecule has 2 rings (SSSR count). The van der Waals surface area contributed by atoms with E-state index in [4.69, 9.17) is 5.11 Å². The Morgan fingerprint density at radius 1 is 1.32 bits per heavy atom. The molecule has 22 heavy (non-hydrogen) atoms. The van der Waals surface area contributed by atoms with Crippen LogP contribution in [0, 0.1) is 0 Å². The third kappa shape index (κ3) is 3.42. The number of sulfonamides is 1. The van der Waals surface area contributed by atoms with Crippen LogP contribution in [-0.4, -0.2) is 56.3 Å². The quantitative estimate of drug-likeness (QED) is 0.765. The third-order valence-corrected chi connectivity index (χ3v) is 4.34. The Hall–Kier alpha value is -2.42. The highest BCUT2D eigenvalue weighted by Crippen LogP contribution is 2.26. The lowest BCUT2D eigenvalue weighted by Gasteiger charge is -2.18. The topological polar surface area (TPSA) is 116 Å². The number of benzene rings is 1. The number of nitrogens with zero attached hydrogens (tertiary/aromatic N) is 2. The fraction of sp³-hybridized carbons (Fsp3) is 0.308. The van der Waals surface area contributed by atoms with E-state index >= 15 is 0 Å². The summed E-state index contributed by atoms with van der Waals surface area (Å²) in [6.07, 6.45) is -0.173. The summed E-state index contributed by atoms with van der Waals surface area (Å²) in [5, 5.41) is 10.9. The normalized spacial score (nSPS) is 14.9. The van der Waals surface area contributed by atoms with Gasteiger partial charge in [0.2, 0.25) is 5.91 Å². The van der Waals surface area contributed by atoms with Crippen LogP contribution in [0.2, 0.25) is 0 Å². The van der Waals surface area contributed by atoms with Gasteiger partial charge in [-0.05, 0) is 12.1 Å². The van der Waals surface area contributed by atoms with Crippen molar-refractivity contribution in [1.82, 2.24) is 10.2 Å². The largest absolute Gasteiger partial charge is 0.481 e. The molecule has 0 bridgehead atoms. The van der Waals surface area contributed by atoms with E-state index in [-0.39, 0.29) is 30.2 Å². The molecule has 118 valence electrons. The molecule has 1 aromatic rings. The number of carboxylic acid groups (broad SMARTS) is 1. The SMILES string of the molecule is CN(CC(=O)NCCC(=O)O)C1=NS(=O)(=O)c2ccccc21. The van der Waals surface area contributed by atoms with Crippen molar-refractivity contribution in [2.75, 3.05) is 20.1 Å². The van der Waals surface area contributed by atoms with Crippen LogP contribution in [-0.2, 0) is 19.6 Å². The highest BCUT2D eigenvalue weighted by molar-refractivity contribution is 7.90. The van der Waals surface area contributed by atoms with Crippen LogP contribution in [0.1, 0.15) is 12.0 Å². The number of aliphatic carboxylic acids is 1. The van der Waals surface area contributed by atoms with Crippen molar-refractivity contribution in [3.63, 3.8) is 0 Å². The van der Waals surface area contributed by atoms with Gasteiger partial charge in [-0.2, -0.15) is 8.42 Å². The number of hydrogen-bond donors (Lipinski definition) is 2. The Bertz CT molecular complexity index is 742. The molecule has 9 heteroatoms. The van der Waals surface area contributed by atoms with Crippen molar-refractivity contribution in [3.8, 4) is 0 Å².